The maximum atomic E-state index is 12.7. The SMILES string of the molecule is CCCOC1CC(C/C(=N\C(=O)CCOc2ccc(OC)cc2)[C@H](O)c2ccc3c(c2)OCCO3)C1. The van der Waals surface area contributed by atoms with E-state index in [1.807, 2.05) is 0 Å². The Morgan fingerprint density at radius 1 is 1.06 bits per heavy atom. The van der Waals surface area contributed by atoms with E-state index in [9.17, 15) is 9.90 Å². The predicted molar refractivity (Wildman–Crippen MR) is 135 cm³/mol. The second kappa shape index (κ2) is 12.7. The van der Waals surface area contributed by atoms with Crippen LogP contribution in [0.3, 0.4) is 0 Å². The lowest BCUT2D eigenvalue weighted by molar-refractivity contribution is -0.118. The van der Waals surface area contributed by atoms with Gasteiger partial charge >= 0.3 is 0 Å². The van der Waals surface area contributed by atoms with Gasteiger partial charge in [-0.3, -0.25) is 4.79 Å². The number of nitrogens with zero attached hydrogens (tertiary/aromatic N) is 1. The lowest BCUT2D eigenvalue weighted by atomic mass is 9.77. The highest BCUT2D eigenvalue weighted by Gasteiger charge is 2.33. The Labute approximate surface area is 212 Å². The maximum absolute atomic E-state index is 12.7. The molecule has 1 aliphatic heterocycles. The Hall–Kier alpha value is -3.10. The van der Waals surface area contributed by atoms with Gasteiger partial charge in [-0.1, -0.05) is 13.0 Å². The lowest BCUT2D eigenvalue weighted by Gasteiger charge is -2.36. The third kappa shape index (κ3) is 6.98. The molecule has 2 aliphatic rings. The molecule has 8 heteroatoms. The number of aliphatic hydroxyl groups excluding tert-OH is 1. The summed E-state index contributed by atoms with van der Waals surface area (Å²) < 4.78 is 27.9. The zero-order chi connectivity index (χ0) is 25.3. The third-order valence-corrected chi connectivity index (χ3v) is 6.36. The molecule has 1 fully saturated rings. The van der Waals surface area contributed by atoms with E-state index in [1.54, 1.807) is 49.6 Å². The first kappa shape index (κ1) is 26.0. The van der Waals surface area contributed by atoms with E-state index >= 15 is 0 Å². The molecule has 1 atom stereocenters. The first-order valence-corrected chi connectivity index (χ1v) is 12.6. The van der Waals surface area contributed by atoms with Gasteiger partial charge in [0.15, 0.2) is 11.5 Å². The summed E-state index contributed by atoms with van der Waals surface area (Å²) >= 11 is 0. The van der Waals surface area contributed by atoms with Crippen molar-refractivity contribution >= 4 is 11.6 Å². The molecule has 0 saturated heterocycles. The van der Waals surface area contributed by atoms with Crippen molar-refractivity contribution in [3.63, 3.8) is 0 Å². The highest BCUT2D eigenvalue weighted by atomic mass is 16.6. The van der Waals surface area contributed by atoms with E-state index in [0.29, 0.717) is 54.1 Å². The second-order valence-electron chi connectivity index (χ2n) is 9.11. The summed E-state index contributed by atoms with van der Waals surface area (Å²) in [6.45, 7) is 4.00. The predicted octanol–water partition coefficient (Wildman–Crippen LogP) is 4.53. The van der Waals surface area contributed by atoms with Crippen LogP contribution in [0.1, 0.15) is 50.7 Å². The van der Waals surface area contributed by atoms with Crippen LogP contribution in [0.15, 0.2) is 47.5 Å². The maximum Gasteiger partial charge on any atom is 0.249 e. The molecule has 36 heavy (non-hydrogen) atoms. The molecule has 8 nitrogen and oxygen atoms in total. The minimum Gasteiger partial charge on any atom is -0.497 e. The van der Waals surface area contributed by atoms with Gasteiger partial charge in [0.1, 0.15) is 30.8 Å². The van der Waals surface area contributed by atoms with Crippen LogP contribution in [-0.2, 0) is 9.53 Å². The lowest BCUT2D eigenvalue weighted by Crippen LogP contribution is -2.34. The zero-order valence-corrected chi connectivity index (χ0v) is 21.0. The molecule has 1 heterocycles. The molecule has 1 saturated carbocycles. The van der Waals surface area contributed by atoms with Crippen molar-refractivity contribution in [2.75, 3.05) is 33.5 Å². The Morgan fingerprint density at radius 3 is 2.50 bits per heavy atom. The minimum atomic E-state index is -1.01. The zero-order valence-electron chi connectivity index (χ0n) is 21.0. The summed E-state index contributed by atoms with van der Waals surface area (Å²) in [7, 11) is 1.60. The van der Waals surface area contributed by atoms with Crippen molar-refractivity contribution in [1.82, 2.24) is 0 Å². The van der Waals surface area contributed by atoms with Crippen LogP contribution in [0, 0.1) is 5.92 Å². The van der Waals surface area contributed by atoms with Crippen molar-refractivity contribution < 1.29 is 33.6 Å². The molecule has 1 N–H and O–H groups in total. The molecule has 0 aromatic heterocycles. The average molecular weight is 498 g/mol. The number of fused-ring (bicyclic) bond motifs is 1. The van der Waals surface area contributed by atoms with E-state index in [-0.39, 0.29) is 25.0 Å². The fourth-order valence-corrected chi connectivity index (χ4v) is 4.34. The molecular weight excluding hydrogens is 462 g/mol. The van der Waals surface area contributed by atoms with Crippen LogP contribution in [0.4, 0.5) is 0 Å². The number of rotatable bonds is 12. The summed E-state index contributed by atoms with van der Waals surface area (Å²) in [6, 6.07) is 12.5. The summed E-state index contributed by atoms with van der Waals surface area (Å²) in [5.41, 5.74) is 1.08. The Kier molecular flexibility index (Phi) is 9.19. The molecule has 0 bridgehead atoms. The van der Waals surface area contributed by atoms with Gasteiger partial charge in [-0.2, -0.15) is 0 Å². The second-order valence-corrected chi connectivity index (χ2v) is 9.11. The Bertz CT molecular complexity index is 1030. The average Bonchev–Trinajstić information content (AvgIpc) is 2.89. The quantitative estimate of drug-likeness (QED) is 0.430. The first-order valence-electron chi connectivity index (χ1n) is 12.6. The van der Waals surface area contributed by atoms with Gasteiger partial charge in [-0.05, 0) is 73.6 Å². The van der Waals surface area contributed by atoms with Gasteiger partial charge in [0.05, 0.1) is 32.0 Å². The standard InChI is InChI=1S/C28H35NO7/c1-3-11-33-23-15-19(16-23)17-24(28(31)20-4-9-25-26(18-20)36-14-13-35-25)29-27(30)10-12-34-22-7-5-21(32-2)6-8-22/h4-9,18-19,23,28,31H,3,10-17H2,1-2H3/b29-24+/t19?,23?,28-/m1/s1. The number of carbonyl (C=O) groups excluding carboxylic acids is 1. The molecular formula is C28H35NO7. The van der Waals surface area contributed by atoms with Crippen LogP contribution in [0.25, 0.3) is 0 Å². The van der Waals surface area contributed by atoms with Crippen molar-refractivity contribution in [1.29, 1.82) is 0 Å². The number of benzene rings is 2. The highest BCUT2D eigenvalue weighted by Crippen LogP contribution is 2.37. The number of aliphatic hydroxyl groups is 1. The van der Waals surface area contributed by atoms with Crippen molar-refractivity contribution in [3.05, 3.63) is 48.0 Å². The van der Waals surface area contributed by atoms with Crippen LogP contribution in [-0.4, -0.2) is 56.4 Å². The van der Waals surface area contributed by atoms with Gasteiger partial charge in [0.2, 0.25) is 5.91 Å². The van der Waals surface area contributed by atoms with Crippen LogP contribution in [0.5, 0.6) is 23.0 Å². The molecule has 1 aliphatic carbocycles. The van der Waals surface area contributed by atoms with Gasteiger partial charge in [-0.15, -0.1) is 0 Å². The van der Waals surface area contributed by atoms with Crippen molar-refractivity contribution in [3.8, 4) is 23.0 Å². The van der Waals surface area contributed by atoms with Gasteiger partial charge in [0.25, 0.3) is 0 Å². The summed E-state index contributed by atoms with van der Waals surface area (Å²) in [5, 5.41) is 11.2. The third-order valence-electron chi connectivity index (χ3n) is 6.36. The van der Waals surface area contributed by atoms with Crippen molar-refractivity contribution in [2.45, 2.75) is 51.2 Å². The van der Waals surface area contributed by atoms with Crippen LogP contribution in [0.2, 0.25) is 0 Å². The van der Waals surface area contributed by atoms with E-state index in [0.717, 1.165) is 31.6 Å². The highest BCUT2D eigenvalue weighted by molar-refractivity contribution is 5.99. The number of amides is 1. The van der Waals surface area contributed by atoms with Gasteiger partial charge in [0, 0.05) is 6.61 Å². The number of carbonyl (C=O) groups is 1. The molecule has 0 unspecified atom stereocenters. The largest absolute Gasteiger partial charge is 0.497 e. The van der Waals surface area contributed by atoms with Crippen molar-refractivity contribution in [2.24, 2.45) is 10.9 Å². The first-order chi connectivity index (χ1) is 17.6. The monoisotopic (exact) mass is 497 g/mol. The molecule has 2 aromatic rings. The fraction of sp³-hybridized carbons (Fsp3) is 0.500. The normalized spacial score (nSPS) is 19.8. The van der Waals surface area contributed by atoms with E-state index in [2.05, 4.69) is 11.9 Å². The molecule has 194 valence electrons. The summed E-state index contributed by atoms with van der Waals surface area (Å²) in [6.07, 6.45) is 2.68. The smallest absolute Gasteiger partial charge is 0.249 e. The number of hydrogen-bond acceptors (Lipinski definition) is 7. The number of ether oxygens (including phenoxy) is 5. The molecule has 1 amide bonds. The van der Waals surface area contributed by atoms with E-state index in [1.165, 1.54) is 0 Å². The topological polar surface area (TPSA) is 95.8 Å². The van der Waals surface area contributed by atoms with E-state index in [4.69, 9.17) is 23.7 Å². The van der Waals surface area contributed by atoms with E-state index < -0.39 is 6.10 Å². The molecule has 0 spiro atoms. The van der Waals surface area contributed by atoms with Gasteiger partial charge < -0.3 is 28.8 Å². The summed E-state index contributed by atoms with van der Waals surface area (Å²) in [4.78, 5) is 17.1. The van der Waals surface area contributed by atoms with Gasteiger partial charge in [-0.25, -0.2) is 4.99 Å². The molecule has 2 aromatic carbocycles. The Morgan fingerprint density at radius 2 is 1.78 bits per heavy atom. The molecule has 4 rings (SSSR count). The van der Waals surface area contributed by atoms with Crippen LogP contribution >= 0.6 is 0 Å². The van der Waals surface area contributed by atoms with Crippen LogP contribution < -0.4 is 18.9 Å². The number of methoxy groups -OCH3 is 1. The fourth-order valence-electron chi connectivity index (χ4n) is 4.34. The number of aliphatic imine (C=N–C) groups is 1. The molecule has 0 radical (unpaired) electrons. The number of hydrogen-bond donors (Lipinski definition) is 1. The Balaban J connectivity index is 1.40. The summed E-state index contributed by atoms with van der Waals surface area (Å²) in [5.74, 6) is 2.62. The minimum absolute atomic E-state index is 0.107.